The molecule has 1 aromatic heterocycles. The van der Waals surface area contributed by atoms with Crippen molar-refractivity contribution in [2.45, 2.75) is 109 Å². The van der Waals surface area contributed by atoms with Crippen LogP contribution in [0.4, 0.5) is 0 Å². The first-order valence-corrected chi connectivity index (χ1v) is 22.3. The lowest BCUT2D eigenvalue weighted by Gasteiger charge is -2.44. The number of nitrogens with one attached hydrogen (secondary N) is 1. The van der Waals surface area contributed by atoms with E-state index in [1.54, 1.807) is 6.92 Å². The zero-order chi connectivity index (χ0) is 35.4. The molecule has 3 rings (SSSR count). The van der Waals surface area contributed by atoms with E-state index in [-0.39, 0.29) is 22.9 Å². The highest BCUT2D eigenvalue weighted by Gasteiger charge is 2.68. The molecule has 0 aliphatic carbocycles. The highest BCUT2D eigenvalue weighted by atomic mass is 32.2. The molecule has 0 aromatic carbocycles. The number of aryl methyl sites for hydroxylation is 1. The second-order valence-corrected chi connectivity index (χ2v) is 25.9. The third-order valence-corrected chi connectivity index (χ3v) is 19.6. The van der Waals surface area contributed by atoms with Crippen molar-refractivity contribution in [3.63, 3.8) is 0 Å². The van der Waals surface area contributed by atoms with Crippen LogP contribution in [0.2, 0.25) is 36.3 Å². The van der Waals surface area contributed by atoms with E-state index in [0.29, 0.717) is 0 Å². The molecule has 2 aliphatic heterocycles. The van der Waals surface area contributed by atoms with Crippen LogP contribution in [-0.2, 0) is 49.3 Å². The molecule has 1 saturated heterocycles. The van der Waals surface area contributed by atoms with Crippen LogP contribution in [0.25, 0.3) is 0 Å². The molecule has 0 radical (unpaired) electrons. The van der Waals surface area contributed by atoms with E-state index < -0.39 is 85.4 Å². The van der Waals surface area contributed by atoms with Gasteiger partial charge in [0.05, 0.1) is 31.4 Å². The van der Waals surface area contributed by atoms with Gasteiger partial charge in [0.2, 0.25) is 0 Å². The third kappa shape index (κ3) is 7.05. The van der Waals surface area contributed by atoms with Gasteiger partial charge in [-0.05, 0) is 43.2 Å². The second kappa shape index (κ2) is 12.6. The lowest BCUT2D eigenvalue weighted by Crippen LogP contribution is -2.60. The van der Waals surface area contributed by atoms with Gasteiger partial charge in [-0.3, -0.25) is 18.7 Å². The van der Waals surface area contributed by atoms with Crippen molar-refractivity contribution in [1.82, 2.24) is 14.5 Å². The number of esters is 1. The normalized spacial score (nSPS) is 25.1. The van der Waals surface area contributed by atoms with Crippen LogP contribution < -0.4 is 16.6 Å². The van der Waals surface area contributed by atoms with E-state index in [0.717, 1.165) is 17.1 Å². The van der Waals surface area contributed by atoms with Gasteiger partial charge in [0.15, 0.2) is 28.5 Å². The Balaban J connectivity index is 2.34. The van der Waals surface area contributed by atoms with Crippen LogP contribution in [0, 0.1) is 6.92 Å². The summed E-state index contributed by atoms with van der Waals surface area (Å²) >= 11 is 0. The van der Waals surface area contributed by atoms with Crippen molar-refractivity contribution >= 4 is 38.5 Å². The summed E-state index contributed by atoms with van der Waals surface area (Å²) in [7, 11) is -7.33. The second-order valence-electron chi connectivity index (χ2n) is 14.9. The van der Waals surface area contributed by atoms with Crippen molar-refractivity contribution in [2.75, 3.05) is 20.3 Å². The van der Waals surface area contributed by atoms with Gasteiger partial charge in [-0.15, -0.1) is 0 Å². The number of nitrogens with zero attached hydrogens (tertiary/aromatic N) is 2. The first-order chi connectivity index (χ1) is 20.7. The summed E-state index contributed by atoms with van der Waals surface area (Å²) in [5, 5.41) is 3.00. The molecule has 4 atom stereocenters. The van der Waals surface area contributed by atoms with E-state index in [1.807, 2.05) is 67.7 Å². The molecule has 14 nitrogen and oxygen atoms in total. The van der Waals surface area contributed by atoms with Crippen molar-refractivity contribution in [1.29, 1.82) is 0 Å². The van der Waals surface area contributed by atoms with Crippen molar-refractivity contribution in [3.8, 4) is 0 Å². The number of hydrogen-bond acceptors (Lipinski definition) is 12. The fourth-order valence-corrected chi connectivity index (χ4v) is 8.31. The smallest absolute Gasteiger partial charge is 0.376 e. The number of carbonyl (C=O) groups excluding carboxylic acids is 2. The molecule has 17 heteroatoms. The summed E-state index contributed by atoms with van der Waals surface area (Å²) in [6.45, 7) is 20.8. The standard InChI is InChI=1S/C29H49N3O11SSi2/c1-18-15-32(26(36)31(8)23(18)34)24-22(42-46(12,13)28(5,6)7)29(21(41-24)16-40-45(10,11)27(2,3)4)20(17-44(37,38)43-29)30-14-19(33)25(35)39-9/h15,17,21-22,24,30H,14,16H2,1-13H3/t21-,22+,24-,29-/m1/s1. The zero-order valence-electron chi connectivity index (χ0n) is 29.1. The monoisotopic (exact) mass is 703 g/mol. The number of aromatic nitrogens is 2. The number of methoxy groups -OCH3 is 1. The Morgan fingerprint density at radius 1 is 1.04 bits per heavy atom. The SMILES string of the molecule is COC(=O)C(=O)CNC1=CS(=O)(=O)O[C@@]12[C@@H](CO[Si](C)(C)C(C)(C)C)O[C@@H](n1cc(C)c(=O)n(C)c1=O)[C@@H]2O[Si](C)(C)C(C)(C)C. The van der Waals surface area contributed by atoms with Crippen LogP contribution in [0.5, 0.6) is 0 Å². The number of carbonyl (C=O) groups is 2. The minimum Gasteiger partial charge on any atom is -0.463 e. The average molecular weight is 704 g/mol. The fourth-order valence-electron chi connectivity index (χ4n) is 4.74. The van der Waals surface area contributed by atoms with Crippen LogP contribution in [0.3, 0.4) is 0 Å². The quantitative estimate of drug-likeness (QED) is 0.164. The number of Topliss-reactive ketones (excluding diaryl/α,β-unsaturated/α-hetero) is 1. The van der Waals surface area contributed by atoms with Gasteiger partial charge in [-0.2, -0.15) is 8.42 Å². The van der Waals surface area contributed by atoms with Gasteiger partial charge >= 0.3 is 11.7 Å². The Kier molecular flexibility index (Phi) is 10.4. The Labute approximate surface area is 272 Å². The summed E-state index contributed by atoms with van der Waals surface area (Å²) < 4.78 is 59.4. The lowest BCUT2D eigenvalue weighted by atomic mass is 9.89. The highest BCUT2D eigenvalue weighted by Crippen LogP contribution is 2.52. The molecule has 2 aliphatic rings. The first kappa shape index (κ1) is 38.0. The first-order valence-electron chi connectivity index (χ1n) is 15.0. The Bertz CT molecular complexity index is 1630. The number of ketones is 1. The predicted molar refractivity (Wildman–Crippen MR) is 176 cm³/mol. The summed E-state index contributed by atoms with van der Waals surface area (Å²) in [5.74, 6) is -2.08. The number of ether oxygens (including phenoxy) is 2. The fraction of sp³-hybridized carbons (Fsp3) is 0.724. The van der Waals surface area contributed by atoms with Crippen LogP contribution in [-0.4, -0.2) is 84.0 Å². The van der Waals surface area contributed by atoms with Crippen LogP contribution in [0.15, 0.2) is 26.9 Å². The third-order valence-electron chi connectivity index (χ3n) is 9.64. The molecule has 1 N–H and O–H groups in total. The number of hydrogen-bond donors (Lipinski definition) is 1. The van der Waals surface area contributed by atoms with Gasteiger partial charge in [0.25, 0.3) is 21.5 Å². The van der Waals surface area contributed by atoms with E-state index in [2.05, 4.69) is 10.1 Å². The van der Waals surface area contributed by atoms with E-state index >= 15 is 0 Å². The zero-order valence-corrected chi connectivity index (χ0v) is 31.9. The van der Waals surface area contributed by atoms with Gasteiger partial charge in [-0.1, -0.05) is 41.5 Å². The van der Waals surface area contributed by atoms with Crippen molar-refractivity contribution in [2.24, 2.45) is 7.05 Å². The molecular weight excluding hydrogens is 655 g/mol. The largest absolute Gasteiger partial charge is 0.463 e. The average Bonchev–Trinajstić information content (AvgIpc) is 3.36. The van der Waals surface area contributed by atoms with Crippen molar-refractivity contribution < 1.29 is 40.5 Å². The van der Waals surface area contributed by atoms with Crippen LogP contribution >= 0.6 is 0 Å². The van der Waals surface area contributed by atoms with Crippen molar-refractivity contribution in [3.05, 3.63) is 43.7 Å². The van der Waals surface area contributed by atoms with E-state index in [9.17, 15) is 27.6 Å². The molecule has 1 aromatic rings. The lowest BCUT2D eigenvalue weighted by molar-refractivity contribution is -0.151. The topological polar surface area (TPSA) is 170 Å². The Morgan fingerprint density at radius 2 is 1.61 bits per heavy atom. The maximum absolute atomic E-state index is 13.6. The van der Waals surface area contributed by atoms with E-state index in [1.165, 1.54) is 17.8 Å². The van der Waals surface area contributed by atoms with E-state index in [4.69, 9.17) is 17.8 Å². The maximum atomic E-state index is 13.6. The highest BCUT2D eigenvalue weighted by molar-refractivity contribution is 7.90. The molecule has 0 unspecified atom stereocenters. The summed E-state index contributed by atoms with van der Waals surface area (Å²) in [6.07, 6.45) is -2.45. The minimum absolute atomic E-state index is 0.102. The van der Waals surface area contributed by atoms with Gasteiger partial charge < -0.3 is 23.6 Å². The molecule has 3 heterocycles. The molecule has 0 bridgehead atoms. The Morgan fingerprint density at radius 3 is 2.13 bits per heavy atom. The van der Waals surface area contributed by atoms with Gasteiger partial charge in [-0.25, -0.2) is 13.8 Å². The minimum atomic E-state index is -4.42. The summed E-state index contributed by atoms with van der Waals surface area (Å²) in [4.78, 5) is 50.7. The summed E-state index contributed by atoms with van der Waals surface area (Å²) in [5.41, 5.74) is -3.07. The number of rotatable bonds is 10. The molecule has 0 amide bonds. The summed E-state index contributed by atoms with van der Waals surface area (Å²) in [6, 6.07) is 0. The molecule has 46 heavy (non-hydrogen) atoms. The maximum Gasteiger partial charge on any atom is 0.376 e. The Hall–Kier alpha value is -2.42. The van der Waals surface area contributed by atoms with Crippen LogP contribution in [0.1, 0.15) is 53.3 Å². The molecule has 260 valence electrons. The molecule has 1 spiro atoms. The van der Waals surface area contributed by atoms with Gasteiger partial charge in [0, 0.05) is 18.8 Å². The molecular formula is C29H49N3O11SSi2. The molecule has 1 fully saturated rings. The molecule has 0 saturated carbocycles. The van der Waals surface area contributed by atoms with Gasteiger partial charge in [0.1, 0.15) is 12.2 Å². The predicted octanol–water partition coefficient (Wildman–Crippen LogP) is 2.44.